The van der Waals surface area contributed by atoms with Gasteiger partial charge in [0, 0.05) is 24.2 Å². The van der Waals surface area contributed by atoms with Gasteiger partial charge < -0.3 is 15.4 Å². The van der Waals surface area contributed by atoms with Gasteiger partial charge in [-0.1, -0.05) is 39.8 Å². The fourth-order valence-electron chi connectivity index (χ4n) is 3.22. The van der Waals surface area contributed by atoms with Crippen LogP contribution in [0.3, 0.4) is 0 Å². The van der Waals surface area contributed by atoms with E-state index in [9.17, 15) is 9.59 Å². The number of carbonyl (C=O) groups is 2. The third-order valence-corrected chi connectivity index (χ3v) is 4.98. The van der Waals surface area contributed by atoms with Crippen LogP contribution < -0.4 is 15.4 Å². The third kappa shape index (κ3) is 4.53. The Bertz CT molecular complexity index is 887. The van der Waals surface area contributed by atoms with Crippen LogP contribution in [0.4, 0.5) is 11.4 Å². The molecule has 1 amide bonds. The summed E-state index contributed by atoms with van der Waals surface area (Å²) in [7, 11) is 0. The molecule has 0 atom stereocenters. The van der Waals surface area contributed by atoms with Crippen molar-refractivity contribution in [2.75, 3.05) is 23.8 Å². The molecule has 0 bridgehead atoms. The van der Waals surface area contributed by atoms with Crippen molar-refractivity contribution in [3.05, 3.63) is 53.1 Å². The molecule has 0 saturated heterocycles. The molecule has 5 heteroatoms. The lowest BCUT2D eigenvalue weighted by molar-refractivity contribution is -0.118. The second-order valence-corrected chi connectivity index (χ2v) is 7.81. The largest absolute Gasteiger partial charge is 0.482 e. The van der Waals surface area contributed by atoms with E-state index in [1.165, 1.54) is 11.1 Å². The minimum atomic E-state index is -0.0848. The quantitative estimate of drug-likeness (QED) is 0.774. The van der Waals surface area contributed by atoms with E-state index in [4.69, 9.17) is 4.74 Å². The van der Waals surface area contributed by atoms with Crippen LogP contribution in [0.1, 0.15) is 67.4 Å². The summed E-state index contributed by atoms with van der Waals surface area (Å²) < 4.78 is 5.26. The van der Waals surface area contributed by atoms with Gasteiger partial charge in [0.2, 0.25) is 0 Å². The summed E-state index contributed by atoms with van der Waals surface area (Å²) in [5.41, 5.74) is 5.13. The van der Waals surface area contributed by atoms with E-state index in [1.807, 2.05) is 24.3 Å². The summed E-state index contributed by atoms with van der Waals surface area (Å²) in [5.74, 6) is 1.90. The molecule has 4 rings (SSSR count). The summed E-state index contributed by atoms with van der Waals surface area (Å²) in [6.07, 6.45) is 0.619. The molecule has 5 nitrogen and oxygen atoms in total. The standard InChI is InChI=1S/C12H15NO.C11H13NO2/c1-8(2)9-3-4-10-11(7-9)13-6-5-12(10)14;1-7(2)8-3-4-10-9(5-8)12-11(13)6-14-10/h3-4,7-8,13H,5-6H2,1-2H3;3-5,7H,6H2,1-2H3,(H,12,13). The predicted octanol–water partition coefficient (Wildman–Crippen LogP) is 4.95. The molecule has 148 valence electrons. The first-order valence-electron chi connectivity index (χ1n) is 9.82. The second kappa shape index (κ2) is 8.46. The van der Waals surface area contributed by atoms with Crippen molar-refractivity contribution in [3.8, 4) is 5.75 Å². The average Bonchev–Trinajstić information content (AvgIpc) is 2.67. The number of benzene rings is 2. The van der Waals surface area contributed by atoms with Crippen molar-refractivity contribution in [1.82, 2.24) is 0 Å². The van der Waals surface area contributed by atoms with E-state index in [-0.39, 0.29) is 18.3 Å². The van der Waals surface area contributed by atoms with Crippen LogP contribution in [0.25, 0.3) is 0 Å². The summed E-state index contributed by atoms with van der Waals surface area (Å²) in [6, 6.07) is 12.0. The van der Waals surface area contributed by atoms with Gasteiger partial charge in [0.05, 0.1) is 5.69 Å². The smallest absolute Gasteiger partial charge is 0.262 e. The van der Waals surface area contributed by atoms with Crippen LogP contribution >= 0.6 is 0 Å². The summed E-state index contributed by atoms with van der Waals surface area (Å²) >= 11 is 0. The van der Waals surface area contributed by atoms with Crippen molar-refractivity contribution >= 4 is 23.1 Å². The number of hydrogen-bond donors (Lipinski definition) is 2. The van der Waals surface area contributed by atoms with Crippen LogP contribution in [0, 0.1) is 0 Å². The zero-order valence-electron chi connectivity index (χ0n) is 17.0. The Hall–Kier alpha value is -2.82. The van der Waals surface area contributed by atoms with Crippen LogP contribution in [0.2, 0.25) is 0 Å². The lowest BCUT2D eigenvalue weighted by Gasteiger charge is -2.19. The van der Waals surface area contributed by atoms with Crippen molar-refractivity contribution in [3.63, 3.8) is 0 Å². The monoisotopic (exact) mass is 380 g/mol. The molecule has 0 spiro atoms. The van der Waals surface area contributed by atoms with E-state index in [0.717, 1.165) is 29.2 Å². The normalized spacial score (nSPS) is 14.9. The van der Waals surface area contributed by atoms with Gasteiger partial charge in [-0.15, -0.1) is 0 Å². The summed E-state index contributed by atoms with van der Waals surface area (Å²) in [6.45, 7) is 9.45. The van der Waals surface area contributed by atoms with Crippen LogP contribution in [0.5, 0.6) is 5.75 Å². The van der Waals surface area contributed by atoms with Crippen LogP contribution in [-0.4, -0.2) is 24.8 Å². The number of amides is 1. The Morgan fingerprint density at radius 3 is 2.21 bits per heavy atom. The van der Waals surface area contributed by atoms with Crippen LogP contribution in [-0.2, 0) is 4.79 Å². The first kappa shape index (κ1) is 19.9. The van der Waals surface area contributed by atoms with Gasteiger partial charge in [0.15, 0.2) is 12.4 Å². The first-order chi connectivity index (χ1) is 13.3. The predicted molar refractivity (Wildman–Crippen MR) is 113 cm³/mol. The number of ether oxygens (including phenoxy) is 1. The number of rotatable bonds is 2. The average molecular weight is 380 g/mol. The molecule has 2 N–H and O–H groups in total. The van der Waals surface area contributed by atoms with Crippen molar-refractivity contribution in [1.29, 1.82) is 0 Å². The highest BCUT2D eigenvalue weighted by Crippen LogP contribution is 2.30. The van der Waals surface area contributed by atoms with Gasteiger partial charge in [-0.05, 0) is 47.2 Å². The fraction of sp³-hybridized carbons (Fsp3) is 0.391. The van der Waals surface area contributed by atoms with Gasteiger partial charge in [-0.2, -0.15) is 0 Å². The van der Waals surface area contributed by atoms with E-state index in [0.29, 0.717) is 18.3 Å². The molecule has 28 heavy (non-hydrogen) atoms. The molecule has 0 aliphatic carbocycles. The topological polar surface area (TPSA) is 67.4 Å². The van der Waals surface area contributed by atoms with E-state index in [2.05, 4.69) is 50.5 Å². The van der Waals surface area contributed by atoms with Crippen molar-refractivity contribution in [2.45, 2.75) is 46.0 Å². The lowest BCUT2D eigenvalue weighted by Crippen LogP contribution is -2.25. The third-order valence-electron chi connectivity index (χ3n) is 4.98. The number of anilines is 2. The van der Waals surface area contributed by atoms with Crippen molar-refractivity contribution in [2.24, 2.45) is 0 Å². The minimum absolute atomic E-state index is 0.0848. The molecule has 2 heterocycles. The van der Waals surface area contributed by atoms with E-state index >= 15 is 0 Å². The number of fused-ring (bicyclic) bond motifs is 2. The Morgan fingerprint density at radius 1 is 0.893 bits per heavy atom. The molecule has 2 aliphatic heterocycles. The number of nitrogens with one attached hydrogen (secondary N) is 2. The molecule has 0 saturated carbocycles. The maximum absolute atomic E-state index is 11.5. The van der Waals surface area contributed by atoms with E-state index in [1.54, 1.807) is 0 Å². The van der Waals surface area contributed by atoms with Gasteiger partial charge in [-0.25, -0.2) is 0 Å². The molecule has 0 fully saturated rings. The molecular formula is C23H28N2O3. The van der Waals surface area contributed by atoms with Gasteiger partial charge >= 0.3 is 0 Å². The Kier molecular flexibility index (Phi) is 6.02. The zero-order valence-corrected chi connectivity index (χ0v) is 17.0. The molecule has 0 aromatic heterocycles. The minimum Gasteiger partial charge on any atom is -0.482 e. The number of hydrogen-bond acceptors (Lipinski definition) is 4. The molecule has 2 aromatic rings. The SMILES string of the molecule is CC(C)c1ccc2c(c1)NC(=O)CO2.CC(C)c1ccc2c(c1)NCCC2=O. The fourth-order valence-corrected chi connectivity index (χ4v) is 3.22. The van der Waals surface area contributed by atoms with Crippen LogP contribution in [0.15, 0.2) is 36.4 Å². The highest BCUT2D eigenvalue weighted by molar-refractivity contribution is 6.03. The highest BCUT2D eigenvalue weighted by atomic mass is 16.5. The van der Waals surface area contributed by atoms with Gasteiger partial charge in [0.25, 0.3) is 5.91 Å². The van der Waals surface area contributed by atoms with Gasteiger partial charge in [0.1, 0.15) is 5.75 Å². The Morgan fingerprint density at radius 2 is 1.54 bits per heavy atom. The molecular weight excluding hydrogens is 352 g/mol. The summed E-state index contributed by atoms with van der Waals surface area (Å²) in [4.78, 5) is 22.6. The molecule has 0 radical (unpaired) electrons. The lowest BCUT2D eigenvalue weighted by atomic mass is 9.96. The highest BCUT2D eigenvalue weighted by Gasteiger charge is 2.17. The zero-order chi connectivity index (χ0) is 20.3. The molecule has 0 unspecified atom stereocenters. The van der Waals surface area contributed by atoms with E-state index < -0.39 is 0 Å². The van der Waals surface area contributed by atoms with Gasteiger partial charge in [-0.3, -0.25) is 9.59 Å². The number of carbonyl (C=O) groups excluding carboxylic acids is 2. The maximum Gasteiger partial charge on any atom is 0.262 e. The number of ketones is 1. The Balaban J connectivity index is 0.000000161. The van der Waals surface area contributed by atoms with Crippen molar-refractivity contribution < 1.29 is 14.3 Å². The first-order valence-corrected chi connectivity index (χ1v) is 9.82. The molecule has 2 aromatic carbocycles. The molecule has 2 aliphatic rings. The summed E-state index contributed by atoms with van der Waals surface area (Å²) in [5, 5.41) is 6.06. The second-order valence-electron chi connectivity index (χ2n) is 7.81. The maximum atomic E-state index is 11.5. The number of Topliss-reactive ketones (excluding diaryl/α,β-unsaturated/α-hetero) is 1. The Labute approximate surface area is 166 Å².